The number of ether oxygens (including phenoxy) is 1. The van der Waals surface area contributed by atoms with Crippen molar-refractivity contribution in [1.29, 1.82) is 0 Å². The van der Waals surface area contributed by atoms with E-state index in [0.29, 0.717) is 112 Å². The summed E-state index contributed by atoms with van der Waals surface area (Å²) >= 11 is 0. The van der Waals surface area contributed by atoms with E-state index in [1.54, 1.807) is 7.11 Å². The molecule has 11 nitrogen and oxygen atoms in total. The quantitative estimate of drug-likeness (QED) is 0.0907. The van der Waals surface area contributed by atoms with Gasteiger partial charge in [0.25, 0.3) is 0 Å². The van der Waals surface area contributed by atoms with Crippen molar-refractivity contribution in [3.8, 4) is 11.8 Å². The van der Waals surface area contributed by atoms with Crippen LogP contribution in [0.15, 0.2) is 16.6 Å². The highest BCUT2D eigenvalue weighted by atomic mass is 16.5. The normalized spacial score (nSPS) is 41.0. The van der Waals surface area contributed by atoms with Crippen molar-refractivity contribution < 1.29 is 34.8 Å². The fourth-order valence-corrected chi connectivity index (χ4v) is 12.8. The number of hydrogen-bond acceptors (Lipinski definition) is 11. The molecule has 0 bridgehead atoms. The fourth-order valence-electron chi connectivity index (χ4n) is 12.8. The van der Waals surface area contributed by atoms with Gasteiger partial charge in [-0.1, -0.05) is 11.8 Å². The van der Waals surface area contributed by atoms with Crippen LogP contribution in [0.4, 0.5) is 0 Å². The number of aliphatic imine (C=N–C) groups is 1. The SMILES string of the molecule is COC1CC2CCC(=O)C3(C#CC(CCC(O)CCC4CC(N)NCC4CC4=C[CH+]N=C4)C2CC1O)CCC(CC(CCCO)C1CNC2CC(=O)CCC2C1)CC3O. The number of nitrogens with zero attached hydrogens (tertiary/aromatic N) is 1. The van der Waals surface area contributed by atoms with Crippen LogP contribution < -0.4 is 16.4 Å². The topological polar surface area (TPSA) is 187 Å². The van der Waals surface area contributed by atoms with E-state index in [4.69, 9.17) is 10.5 Å². The van der Waals surface area contributed by atoms with Crippen molar-refractivity contribution in [3.63, 3.8) is 0 Å². The van der Waals surface area contributed by atoms with Gasteiger partial charge in [0.1, 0.15) is 23.3 Å². The number of aliphatic hydroxyl groups is 4. The number of carbonyl (C=O) groups is 2. The minimum absolute atomic E-state index is 0.0355. The lowest BCUT2D eigenvalue weighted by atomic mass is 9.62. The molecule has 2 saturated heterocycles. The van der Waals surface area contributed by atoms with E-state index in [-0.39, 0.29) is 48.3 Å². The van der Waals surface area contributed by atoms with E-state index in [2.05, 4.69) is 33.5 Å². The molecule has 11 heteroatoms. The molecule has 5 fully saturated rings. The van der Waals surface area contributed by atoms with Gasteiger partial charge in [-0.25, -0.2) is 0 Å². The average Bonchev–Trinajstić information content (AvgIpc) is 3.76. The van der Waals surface area contributed by atoms with Gasteiger partial charge in [-0.3, -0.25) is 9.59 Å². The number of allylic oxidation sites excluding steroid dienone is 1. The molecule has 0 amide bonds. The molecule has 3 saturated carbocycles. The van der Waals surface area contributed by atoms with Crippen molar-refractivity contribution in [3.05, 3.63) is 18.2 Å². The Balaban J connectivity index is 1.02. The van der Waals surface area contributed by atoms with Crippen LogP contribution in [0, 0.1) is 77.1 Å². The van der Waals surface area contributed by atoms with E-state index in [1.165, 1.54) is 5.57 Å². The minimum atomic E-state index is -1.10. The zero-order valence-corrected chi connectivity index (χ0v) is 35.7. The van der Waals surface area contributed by atoms with Gasteiger partial charge in [-0.15, -0.1) is 4.99 Å². The molecule has 3 aliphatic heterocycles. The summed E-state index contributed by atoms with van der Waals surface area (Å²) in [4.78, 5) is 30.8. The molecule has 7 aliphatic rings. The maximum Gasteiger partial charge on any atom is 0.176 e. The number of rotatable bonds is 15. The summed E-state index contributed by atoms with van der Waals surface area (Å²) in [5, 5.41) is 51.7. The van der Waals surface area contributed by atoms with Gasteiger partial charge in [0.2, 0.25) is 0 Å². The Hall–Kier alpha value is -2.14. The van der Waals surface area contributed by atoms with Gasteiger partial charge in [-0.05, 0) is 157 Å². The number of fused-ring (bicyclic) bond motifs is 2. The predicted molar refractivity (Wildman–Crippen MR) is 229 cm³/mol. The zero-order valence-electron chi connectivity index (χ0n) is 35.7. The molecule has 0 radical (unpaired) electrons. The third kappa shape index (κ3) is 11.1. The lowest BCUT2D eigenvalue weighted by Gasteiger charge is -2.44. The predicted octanol–water partition coefficient (Wildman–Crippen LogP) is 4.64. The van der Waals surface area contributed by atoms with Crippen molar-refractivity contribution in [2.75, 3.05) is 26.8 Å². The Morgan fingerprint density at radius 1 is 1.00 bits per heavy atom. The molecule has 4 aliphatic carbocycles. The Morgan fingerprint density at radius 2 is 1.83 bits per heavy atom. The average molecular weight is 820 g/mol. The molecular weight excluding hydrogens is 745 g/mol. The summed E-state index contributed by atoms with van der Waals surface area (Å²) < 4.78 is 5.72. The smallest absolute Gasteiger partial charge is 0.176 e. The maximum absolute atomic E-state index is 14.4. The molecule has 328 valence electrons. The molecule has 7 rings (SSSR count). The maximum atomic E-state index is 14.4. The lowest BCUT2D eigenvalue weighted by Crippen LogP contribution is -2.50. The molecule has 0 aromatic carbocycles. The number of nitrogens with one attached hydrogen (secondary N) is 2. The Kier molecular flexibility index (Phi) is 15.8. The summed E-state index contributed by atoms with van der Waals surface area (Å²) in [7, 11) is 1.65. The van der Waals surface area contributed by atoms with E-state index in [1.807, 2.05) is 12.8 Å². The van der Waals surface area contributed by atoms with Crippen LogP contribution in [-0.2, 0) is 14.3 Å². The molecule has 0 aromatic rings. The molecule has 8 N–H and O–H groups in total. The van der Waals surface area contributed by atoms with E-state index in [0.717, 1.165) is 70.9 Å². The second kappa shape index (κ2) is 20.8. The number of carbonyl (C=O) groups excluding carboxylic acids is 2. The third-order valence-electron chi connectivity index (χ3n) is 16.4. The van der Waals surface area contributed by atoms with Gasteiger partial charge in [-0.2, -0.15) is 0 Å². The first-order valence-corrected chi connectivity index (χ1v) is 23.6. The van der Waals surface area contributed by atoms with Gasteiger partial charge < -0.3 is 41.5 Å². The summed E-state index contributed by atoms with van der Waals surface area (Å²) in [6.45, 7) is 3.76. The minimum Gasteiger partial charge on any atom is -0.396 e. The molecule has 0 aromatic heterocycles. The monoisotopic (exact) mass is 820 g/mol. The largest absolute Gasteiger partial charge is 0.396 e. The summed E-state index contributed by atoms with van der Waals surface area (Å²) in [5.41, 5.74) is 6.48. The van der Waals surface area contributed by atoms with Crippen LogP contribution >= 0.6 is 0 Å². The number of ketones is 2. The first-order chi connectivity index (χ1) is 28.5. The van der Waals surface area contributed by atoms with Crippen LogP contribution in [-0.4, -0.2) is 102 Å². The molecule has 16 atom stereocenters. The summed E-state index contributed by atoms with van der Waals surface area (Å²) in [5.74, 6) is 10.2. The van der Waals surface area contributed by atoms with Crippen molar-refractivity contribution in [1.82, 2.24) is 10.6 Å². The van der Waals surface area contributed by atoms with E-state index < -0.39 is 23.7 Å². The summed E-state index contributed by atoms with van der Waals surface area (Å²) in [6, 6.07) is 0.292. The molecule has 1 spiro atoms. The van der Waals surface area contributed by atoms with Crippen molar-refractivity contribution in [2.24, 2.45) is 69.4 Å². The highest BCUT2D eigenvalue weighted by Gasteiger charge is 2.50. The second-order valence-corrected chi connectivity index (χ2v) is 20.1. The lowest BCUT2D eigenvalue weighted by molar-refractivity contribution is -0.135. The van der Waals surface area contributed by atoms with Gasteiger partial charge in [0, 0.05) is 57.9 Å². The first-order valence-electron chi connectivity index (χ1n) is 23.6. The van der Waals surface area contributed by atoms with Gasteiger partial charge in [0.05, 0.1) is 36.7 Å². The number of Topliss-reactive ketones (excluding diaryl/α,β-unsaturated/α-hetero) is 2. The number of methoxy groups -OCH3 is 1. The Bertz CT molecular complexity index is 1540. The van der Waals surface area contributed by atoms with E-state index >= 15 is 0 Å². The molecule has 59 heavy (non-hydrogen) atoms. The third-order valence-corrected chi connectivity index (χ3v) is 16.4. The molecule has 3 heterocycles. The van der Waals surface area contributed by atoms with Crippen molar-refractivity contribution in [2.45, 2.75) is 165 Å². The highest BCUT2D eigenvalue weighted by molar-refractivity contribution is 5.89. The molecule has 16 unspecified atom stereocenters. The number of nitrogens with two attached hydrogens (primary N) is 1. The van der Waals surface area contributed by atoms with Crippen LogP contribution in [0.25, 0.3) is 0 Å². The Labute approximate surface area is 353 Å². The standard InChI is InChI=1S/C48H75N4O7/c1-59-44-23-35-7-11-45(57)48(15-12-30(21-46(48)58)19-33(3-2-18-53)38-22-36-6-10-40(55)25-42(36)51-28-38)16-13-32(41(35)26-43(44)56)4-8-39(54)9-5-34-24-47(49)52-29-37(34)20-31-14-17-50-27-31/h14,17,27,30,32-39,41-44,46-47,51-54,56,58H,2-12,15,18-26,28-29,49H2,1H3/q+1. The number of piperidine rings is 2. The second-order valence-electron chi connectivity index (χ2n) is 20.1. The van der Waals surface area contributed by atoms with Crippen LogP contribution in [0.2, 0.25) is 0 Å². The van der Waals surface area contributed by atoms with Crippen LogP contribution in [0.3, 0.4) is 0 Å². The Morgan fingerprint density at radius 3 is 2.61 bits per heavy atom. The van der Waals surface area contributed by atoms with Gasteiger partial charge >= 0.3 is 0 Å². The highest BCUT2D eigenvalue weighted by Crippen LogP contribution is 2.48. The van der Waals surface area contributed by atoms with Crippen LogP contribution in [0.1, 0.15) is 128 Å². The number of hydrogen-bond donors (Lipinski definition) is 7. The van der Waals surface area contributed by atoms with E-state index in [9.17, 15) is 30.0 Å². The van der Waals surface area contributed by atoms with Crippen molar-refractivity contribution >= 4 is 17.8 Å². The summed E-state index contributed by atoms with van der Waals surface area (Å²) in [6.07, 6.45) is 16.7. The first kappa shape index (κ1) is 44.9. The van der Waals surface area contributed by atoms with Gasteiger partial charge in [0.15, 0.2) is 12.0 Å². The van der Waals surface area contributed by atoms with Crippen LogP contribution in [0.5, 0.6) is 0 Å². The molecular formula is C48H75N4O7+. The zero-order chi connectivity index (χ0) is 41.5. The fraction of sp³-hybridized carbons (Fsp3) is 0.833. The number of aliphatic hydroxyl groups excluding tert-OH is 4.